The first-order valence-corrected chi connectivity index (χ1v) is 4.30. The highest BCUT2D eigenvalue weighted by molar-refractivity contribution is 5.91. The Hall–Kier alpha value is -0.530. The van der Waals surface area contributed by atoms with Gasteiger partial charge in [-0.05, 0) is 18.8 Å². The molecule has 0 spiro atoms. The van der Waals surface area contributed by atoms with Crippen LogP contribution in [0.2, 0.25) is 0 Å². The van der Waals surface area contributed by atoms with E-state index < -0.39 is 0 Å². The second-order valence-corrected chi connectivity index (χ2v) is 4.16. The molecule has 1 aliphatic carbocycles. The molecule has 0 aromatic rings. The van der Waals surface area contributed by atoms with Gasteiger partial charge < -0.3 is 5.21 Å². The van der Waals surface area contributed by atoms with Gasteiger partial charge in [-0.2, -0.15) is 0 Å². The summed E-state index contributed by atoms with van der Waals surface area (Å²) in [5.74, 6) is 0.462. The lowest BCUT2D eigenvalue weighted by Crippen LogP contribution is -2.33. The minimum atomic E-state index is 0.117. The third-order valence-corrected chi connectivity index (χ3v) is 2.71. The fourth-order valence-corrected chi connectivity index (χ4v) is 2.02. The van der Waals surface area contributed by atoms with Crippen molar-refractivity contribution in [3.8, 4) is 0 Å². The van der Waals surface area contributed by atoms with E-state index in [9.17, 15) is 0 Å². The lowest BCUT2D eigenvalue weighted by atomic mass is 9.71. The van der Waals surface area contributed by atoms with E-state index in [1.54, 1.807) is 0 Å². The molecule has 0 radical (unpaired) electrons. The van der Waals surface area contributed by atoms with E-state index in [4.69, 9.17) is 5.21 Å². The summed E-state index contributed by atoms with van der Waals surface area (Å²) in [6, 6.07) is 0. The van der Waals surface area contributed by atoms with Crippen molar-refractivity contribution >= 4 is 5.71 Å². The molecule has 11 heavy (non-hydrogen) atoms. The Morgan fingerprint density at radius 2 is 2.18 bits per heavy atom. The molecule has 1 rings (SSSR count). The van der Waals surface area contributed by atoms with E-state index in [0.717, 1.165) is 12.1 Å². The minimum absolute atomic E-state index is 0.117. The van der Waals surface area contributed by atoms with Crippen molar-refractivity contribution in [2.24, 2.45) is 16.5 Å². The fourth-order valence-electron chi connectivity index (χ4n) is 2.02. The van der Waals surface area contributed by atoms with E-state index in [-0.39, 0.29) is 5.41 Å². The van der Waals surface area contributed by atoms with Crippen LogP contribution in [0.1, 0.15) is 40.0 Å². The third-order valence-electron chi connectivity index (χ3n) is 2.71. The van der Waals surface area contributed by atoms with Gasteiger partial charge in [0.1, 0.15) is 0 Å². The molecule has 0 amide bonds. The monoisotopic (exact) mass is 155 g/mol. The van der Waals surface area contributed by atoms with Crippen LogP contribution in [0.4, 0.5) is 0 Å². The van der Waals surface area contributed by atoms with Crippen LogP contribution in [-0.4, -0.2) is 10.9 Å². The molecule has 1 aliphatic rings. The van der Waals surface area contributed by atoms with E-state index in [2.05, 4.69) is 25.9 Å². The predicted octanol–water partition coefficient (Wildman–Crippen LogP) is 2.66. The van der Waals surface area contributed by atoms with Gasteiger partial charge in [0, 0.05) is 5.41 Å². The normalized spacial score (nSPS) is 34.1. The maximum absolute atomic E-state index is 8.79. The SMILES string of the molecule is C[C@H]1CCCC(C)(C)/C1=N/O. The highest BCUT2D eigenvalue weighted by atomic mass is 16.4. The van der Waals surface area contributed by atoms with Crippen LogP contribution in [-0.2, 0) is 0 Å². The van der Waals surface area contributed by atoms with Crippen LogP contribution in [0.15, 0.2) is 5.16 Å². The highest BCUT2D eigenvalue weighted by Crippen LogP contribution is 2.35. The topological polar surface area (TPSA) is 32.6 Å². The van der Waals surface area contributed by atoms with Crippen molar-refractivity contribution in [2.45, 2.75) is 40.0 Å². The van der Waals surface area contributed by atoms with Gasteiger partial charge in [-0.15, -0.1) is 0 Å². The maximum atomic E-state index is 8.79. The standard InChI is InChI=1S/C9H17NO/c1-7-5-4-6-9(2,3)8(7)10-11/h7,11H,4-6H2,1-3H3/b10-8+/t7-/m0/s1. The summed E-state index contributed by atoms with van der Waals surface area (Å²) in [6.45, 7) is 6.44. The molecule has 0 aliphatic heterocycles. The Kier molecular flexibility index (Phi) is 2.21. The Bertz CT molecular complexity index is 172. The van der Waals surface area contributed by atoms with Crippen LogP contribution >= 0.6 is 0 Å². The second kappa shape index (κ2) is 2.84. The Labute approximate surface area is 68.3 Å². The van der Waals surface area contributed by atoms with Gasteiger partial charge >= 0.3 is 0 Å². The second-order valence-electron chi connectivity index (χ2n) is 4.16. The van der Waals surface area contributed by atoms with Crippen LogP contribution in [0, 0.1) is 11.3 Å². The molecule has 1 atom stereocenters. The maximum Gasteiger partial charge on any atom is 0.0654 e. The molecule has 64 valence electrons. The average molecular weight is 155 g/mol. The summed E-state index contributed by atoms with van der Waals surface area (Å²) in [6.07, 6.45) is 3.58. The number of rotatable bonds is 0. The van der Waals surface area contributed by atoms with E-state index in [1.807, 2.05) is 0 Å². The molecule has 2 heteroatoms. The molecule has 0 bridgehead atoms. The van der Waals surface area contributed by atoms with Crippen molar-refractivity contribution < 1.29 is 5.21 Å². The quantitative estimate of drug-likeness (QED) is 0.423. The lowest BCUT2D eigenvalue weighted by molar-refractivity contribution is 0.285. The molecule has 0 aromatic heterocycles. The molecular weight excluding hydrogens is 138 g/mol. The molecule has 2 nitrogen and oxygen atoms in total. The molecule has 1 fully saturated rings. The summed E-state index contributed by atoms with van der Waals surface area (Å²) >= 11 is 0. The summed E-state index contributed by atoms with van der Waals surface area (Å²) in [4.78, 5) is 0. The summed E-state index contributed by atoms with van der Waals surface area (Å²) in [5, 5.41) is 12.2. The highest BCUT2D eigenvalue weighted by Gasteiger charge is 2.33. The van der Waals surface area contributed by atoms with Gasteiger partial charge in [-0.3, -0.25) is 0 Å². The number of hydrogen-bond acceptors (Lipinski definition) is 2. The van der Waals surface area contributed by atoms with Crippen molar-refractivity contribution in [3.63, 3.8) is 0 Å². The molecule has 1 N–H and O–H groups in total. The lowest BCUT2D eigenvalue weighted by Gasteiger charge is -2.34. The van der Waals surface area contributed by atoms with E-state index >= 15 is 0 Å². The van der Waals surface area contributed by atoms with Gasteiger partial charge in [-0.1, -0.05) is 32.3 Å². The molecule has 0 aromatic carbocycles. The van der Waals surface area contributed by atoms with Crippen molar-refractivity contribution in [2.75, 3.05) is 0 Å². The first kappa shape index (κ1) is 8.57. The predicted molar refractivity (Wildman–Crippen MR) is 46.0 cm³/mol. The van der Waals surface area contributed by atoms with Crippen molar-refractivity contribution in [3.05, 3.63) is 0 Å². The van der Waals surface area contributed by atoms with Crippen molar-refractivity contribution in [1.29, 1.82) is 0 Å². The first-order chi connectivity index (χ1) is 5.08. The third kappa shape index (κ3) is 1.55. The van der Waals surface area contributed by atoms with Crippen LogP contribution in [0.3, 0.4) is 0 Å². The van der Waals surface area contributed by atoms with Crippen LogP contribution < -0.4 is 0 Å². The fraction of sp³-hybridized carbons (Fsp3) is 0.889. The molecule has 0 unspecified atom stereocenters. The van der Waals surface area contributed by atoms with Crippen LogP contribution in [0.5, 0.6) is 0 Å². The first-order valence-electron chi connectivity index (χ1n) is 4.30. The van der Waals surface area contributed by atoms with Gasteiger partial charge in [0.15, 0.2) is 0 Å². The summed E-state index contributed by atoms with van der Waals surface area (Å²) < 4.78 is 0. The smallest absolute Gasteiger partial charge is 0.0654 e. The zero-order valence-corrected chi connectivity index (χ0v) is 7.59. The Morgan fingerprint density at radius 3 is 2.55 bits per heavy atom. The summed E-state index contributed by atoms with van der Waals surface area (Å²) in [7, 11) is 0. The number of hydrogen-bond donors (Lipinski definition) is 1. The number of nitrogens with zero attached hydrogens (tertiary/aromatic N) is 1. The Morgan fingerprint density at radius 1 is 1.55 bits per heavy atom. The van der Waals surface area contributed by atoms with E-state index in [0.29, 0.717) is 5.92 Å². The van der Waals surface area contributed by atoms with Gasteiger partial charge in [0.2, 0.25) is 0 Å². The molecular formula is C9H17NO. The van der Waals surface area contributed by atoms with Crippen molar-refractivity contribution in [1.82, 2.24) is 0 Å². The molecule has 0 heterocycles. The Balaban J connectivity index is 2.82. The molecule has 0 saturated heterocycles. The molecule has 1 saturated carbocycles. The van der Waals surface area contributed by atoms with E-state index in [1.165, 1.54) is 12.8 Å². The van der Waals surface area contributed by atoms with Gasteiger partial charge in [0.25, 0.3) is 0 Å². The largest absolute Gasteiger partial charge is 0.411 e. The number of oxime groups is 1. The van der Waals surface area contributed by atoms with Gasteiger partial charge in [-0.25, -0.2) is 0 Å². The zero-order valence-electron chi connectivity index (χ0n) is 7.59. The summed E-state index contributed by atoms with van der Waals surface area (Å²) in [5.41, 5.74) is 1.09. The average Bonchev–Trinajstić information content (AvgIpc) is 1.86. The van der Waals surface area contributed by atoms with Crippen LogP contribution in [0.25, 0.3) is 0 Å². The van der Waals surface area contributed by atoms with Gasteiger partial charge in [0.05, 0.1) is 5.71 Å². The minimum Gasteiger partial charge on any atom is -0.411 e. The zero-order chi connectivity index (χ0) is 8.48.